The van der Waals surface area contributed by atoms with Crippen molar-refractivity contribution in [1.82, 2.24) is 0 Å². The van der Waals surface area contributed by atoms with Crippen LogP contribution in [0.5, 0.6) is 0 Å². The third-order valence-corrected chi connectivity index (χ3v) is 1.06. The maximum atomic E-state index is 12.0. The summed E-state index contributed by atoms with van der Waals surface area (Å²) < 4.78 is 84.1. The molecule has 1 atom stereocenters. The van der Waals surface area contributed by atoms with Crippen LogP contribution in [0.3, 0.4) is 0 Å². The van der Waals surface area contributed by atoms with Gasteiger partial charge in [-0.05, 0) is 0 Å². The number of hydrogen-bond donors (Lipinski definition) is 1. The van der Waals surface area contributed by atoms with E-state index in [1.807, 2.05) is 0 Å². The topological polar surface area (TPSA) is 60.4 Å². The quantitative estimate of drug-likeness (QED) is 0.207. The smallest absolute Gasteiger partial charge is 0.750 e. The van der Waals surface area contributed by atoms with Crippen LogP contribution in [0.25, 0.3) is 0 Å². The zero-order valence-electron chi connectivity index (χ0n) is 7.64. The molecule has 1 aromatic rings. The predicted molar refractivity (Wildman–Crippen MR) is 37.8 cm³/mol. The molecule has 0 bridgehead atoms. The first-order chi connectivity index (χ1) is 6.77. The summed E-state index contributed by atoms with van der Waals surface area (Å²) >= 11 is -2.86. The predicted octanol–water partition coefficient (Wildman–Crippen LogP) is -1.28. The molecule has 0 heterocycles. The maximum absolute atomic E-state index is 12.0. The molecule has 0 aliphatic rings. The van der Waals surface area contributed by atoms with Crippen LogP contribution in [0.2, 0.25) is 0 Å². The first-order valence-electron chi connectivity index (χ1n) is 3.04. The van der Waals surface area contributed by atoms with Crippen LogP contribution >= 0.6 is 0 Å². The number of hydrogen-bond acceptors (Lipinski definition) is 2. The van der Waals surface area contributed by atoms with Gasteiger partial charge in [0.2, 0.25) is 5.82 Å². The number of halogens is 5. The van der Waals surface area contributed by atoms with Crippen LogP contribution in [-0.2, 0) is 11.4 Å². The van der Waals surface area contributed by atoms with Gasteiger partial charge in [-0.1, -0.05) is 0 Å². The minimum absolute atomic E-state index is 0. The molecule has 3 nitrogen and oxygen atoms in total. The Bertz CT molecular complexity index is 359. The largest absolute Gasteiger partial charge is 1.00 e. The van der Waals surface area contributed by atoms with Gasteiger partial charge in [-0.15, -0.1) is 0 Å². The van der Waals surface area contributed by atoms with Gasteiger partial charge in [0.15, 0.2) is 23.3 Å². The molecule has 0 aromatic heterocycles. The van der Waals surface area contributed by atoms with Gasteiger partial charge in [0.1, 0.15) is 0 Å². The van der Waals surface area contributed by atoms with E-state index < -0.39 is 40.4 Å². The Balaban J connectivity index is 0. The first kappa shape index (κ1) is 17.9. The van der Waals surface area contributed by atoms with E-state index in [4.69, 9.17) is 13.3 Å². The fourth-order valence-electron chi connectivity index (χ4n) is 0.544. The van der Waals surface area contributed by atoms with Crippen molar-refractivity contribution in [1.29, 1.82) is 0 Å². The summed E-state index contributed by atoms with van der Waals surface area (Å²) in [5, 5.41) is 0. The van der Waals surface area contributed by atoms with E-state index >= 15 is 0 Å². The van der Waals surface area contributed by atoms with E-state index in [-0.39, 0.29) is 24.9 Å². The normalized spacial score (nSPS) is 10.9. The Morgan fingerprint density at radius 1 is 1.00 bits per heavy atom. The molecule has 86 valence electrons. The molecule has 0 amide bonds. The standard InChI is InChI=1S/C6HF5.Li.H2O3S/c7-2-1-3(8)5(10)6(11)4(2)9;;1-4(2)3/h1H;;(H2,1,2,3)/q;+1;/p-1. The van der Waals surface area contributed by atoms with Gasteiger partial charge in [0.05, 0.1) is 11.4 Å². The monoisotopic (exact) mass is 256 g/mol. The van der Waals surface area contributed by atoms with E-state index in [1.54, 1.807) is 0 Å². The Morgan fingerprint density at radius 3 is 1.50 bits per heavy atom. The molecule has 1 unspecified atom stereocenters. The minimum atomic E-state index is -2.86. The third-order valence-electron chi connectivity index (χ3n) is 1.06. The zero-order valence-corrected chi connectivity index (χ0v) is 8.46. The van der Waals surface area contributed by atoms with Crippen molar-refractivity contribution in [3.05, 3.63) is 35.2 Å². The molecule has 0 aliphatic carbocycles. The second-order valence-electron chi connectivity index (χ2n) is 2.00. The van der Waals surface area contributed by atoms with Crippen LogP contribution in [0.4, 0.5) is 22.0 Å². The first-order valence-corrected chi connectivity index (χ1v) is 4.07. The molecule has 16 heavy (non-hydrogen) atoms. The number of rotatable bonds is 0. The van der Waals surface area contributed by atoms with Crippen LogP contribution in [0.1, 0.15) is 0 Å². The molecule has 1 N–H and O–H groups in total. The summed E-state index contributed by atoms with van der Waals surface area (Å²) in [5.74, 6) is -9.65. The molecule has 0 aliphatic heterocycles. The minimum Gasteiger partial charge on any atom is -0.750 e. The van der Waals surface area contributed by atoms with Crippen molar-refractivity contribution < 1.29 is 54.1 Å². The van der Waals surface area contributed by atoms with Crippen LogP contribution in [0.15, 0.2) is 6.07 Å². The average Bonchev–Trinajstić information content (AvgIpc) is 2.11. The average molecular weight is 256 g/mol. The molecular weight excluding hydrogens is 254 g/mol. The second-order valence-corrected chi connectivity index (χ2v) is 2.43. The van der Waals surface area contributed by atoms with Gasteiger partial charge in [-0.3, -0.25) is 0 Å². The summed E-state index contributed by atoms with van der Waals surface area (Å²) in [7, 11) is 0. The molecule has 10 heteroatoms. The SMILES string of the molecule is Fc1cc(F)c(F)c(F)c1F.O=S([O-])O.[Li+]. The molecule has 0 saturated heterocycles. The van der Waals surface area contributed by atoms with E-state index in [0.29, 0.717) is 0 Å². The fraction of sp³-hybridized carbons (Fsp3) is 0. The van der Waals surface area contributed by atoms with E-state index in [9.17, 15) is 22.0 Å². The van der Waals surface area contributed by atoms with Crippen molar-refractivity contribution in [2.24, 2.45) is 0 Å². The zero-order chi connectivity index (χ0) is 12.2. The van der Waals surface area contributed by atoms with Gasteiger partial charge < -0.3 is 9.11 Å². The molecule has 1 rings (SSSR count). The second kappa shape index (κ2) is 7.75. The van der Waals surface area contributed by atoms with Crippen molar-refractivity contribution in [2.45, 2.75) is 0 Å². The van der Waals surface area contributed by atoms with Gasteiger partial charge in [-0.2, -0.15) is 0 Å². The van der Waals surface area contributed by atoms with Crippen molar-refractivity contribution in [2.75, 3.05) is 0 Å². The molecule has 1 aromatic carbocycles. The third kappa shape index (κ3) is 5.57. The summed E-state index contributed by atoms with van der Waals surface area (Å²) in [6, 6.07) is -0.0618. The Hall–Kier alpha value is -0.463. The molecule has 0 fully saturated rings. The van der Waals surface area contributed by atoms with Crippen molar-refractivity contribution >= 4 is 11.4 Å². The molecule has 0 saturated carbocycles. The van der Waals surface area contributed by atoms with Crippen LogP contribution in [0, 0.1) is 29.1 Å². The molecule has 0 spiro atoms. The summed E-state index contributed by atoms with van der Waals surface area (Å²) in [6.45, 7) is 0. The summed E-state index contributed by atoms with van der Waals surface area (Å²) in [4.78, 5) is 0. The van der Waals surface area contributed by atoms with E-state index in [2.05, 4.69) is 0 Å². The summed E-state index contributed by atoms with van der Waals surface area (Å²) in [6.07, 6.45) is 0. The van der Waals surface area contributed by atoms with Crippen LogP contribution in [-0.4, -0.2) is 13.3 Å². The fourth-order valence-corrected chi connectivity index (χ4v) is 0.544. The Labute approximate surface area is 101 Å². The van der Waals surface area contributed by atoms with Crippen molar-refractivity contribution in [3.8, 4) is 0 Å². The van der Waals surface area contributed by atoms with Gasteiger partial charge in [0, 0.05) is 6.07 Å². The van der Waals surface area contributed by atoms with Crippen LogP contribution < -0.4 is 18.9 Å². The van der Waals surface area contributed by atoms with Gasteiger partial charge >= 0.3 is 18.9 Å². The molecular formula is C6H2F5LiO3S. The summed E-state index contributed by atoms with van der Waals surface area (Å²) in [5.41, 5.74) is 0. The van der Waals surface area contributed by atoms with E-state index in [1.165, 1.54) is 0 Å². The Kier molecular flexibility index (Phi) is 8.68. The molecule has 0 radical (unpaired) electrons. The van der Waals surface area contributed by atoms with Gasteiger partial charge in [-0.25, -0.2) is 26.2 Å². The van der Waals surface area contributed by atoms with Crippen molar-refractivity contribution in [3.63, 3.8) is 0 Å². The van der Waals surface area contributed by atoms with Gasteiger partial charge in [0.25, 0.3) is 0 Å². The van der Waals surface area contributed by atoms with E-state index in [0.717, 1.165) is 0 Å². The maximum Gasteiger partial charge on any atom is 1.00 e. The number of benzene rings is 1. The Morgan fingerprint density at radius 2 is 1.25 bits per heavy atom.